The minimum absolute atomic E-state index is 0.0360. The van der Waals surface area contributed by atoms with Gasteiger partial charge in [-0.3, -0.25) is 9.78 Å². The number of rotatable bonds is 7. The maximum Gasteiger partial charge on any atom is 0.226 e. The lowest BCUT2D eigenvalue weighted by molar-refractivity contribution is -0.116. The number of carbonyl (C=O) groups excluding carboxylic acids is 1. The SMILES string of the molecule is Cc1ccc(C)c(NC(=O)CCN2C(=S)N[C@H](c3ccccn3)[C@H]2c2ccc(C)n2-c2ccccc2)c1. The lowest BCUT2D eigenvalue weighted by Gasteiger charge is -2.29. The third-order valence-electron chi connectivity index (χ3n) is 6.87. The van der Waals surface area contributed by atoms with E-state index in [0.29, 0.717) is 18.1 Å². The molecule has 1 aliphatic rings. The van der Waals surface area contributed by atoms with Crippen LogP contribution in [0.15, 0.2) is 85.1 Å². The highest BCUT2D eigenvalue weighted by atomic mass is 32.1. The van der Waals surface area contributed by atoms with Crippen molar-refractivity contribution in [1.29, 1.82) is 0 Å². The number of amides is 1. The molecule has 0 aliphatic carbocycles. The Morgan fingerprint density at radius 1 is 1.00 bits per heavy atom. The van der Waals surface area contributed by atoms with Crippen molar-refractivity contribution in [3.8, 4) is 5.69 Å². The molecule has 3 heterocycles. The first-order valence-corrected chi connectivity index (χ1v) is 12.9. The number of aromatic nitrogens is 2. The first-order valence-electron chi connectivity index (χ1n) is 12.5. The van der Waals surface area contributed by atoms with Crippen LogP contribution in [-0.2, 0) is 4.79 Å². The molecule has 1 amide bonds. The summed E-state index contributed by atoms with van der Waals surface area (Å²) in [7, 11) is 0. The topological polar surface area (TPSA) is 62.2 Å². The van der Waals surface area contributed by atoms with Gasteiger partial charge in [-0.05, 0) is 86.6 Å². The molecule has 7 heteroatoms. The molecule has 0 bridgehead atoms. The minimum Gasteiger partial charge on any atom is -0.352 e. The van der Waals surface area contributed by atoms with E-state index in [1.54, 1.807) is 6.20 Å². The van der Waals surface area contributed by atoms with Crippen molar-refractivity contribution in [2.45, 2.75) is 39.3 Å². The van der Waals surface area contributed by atoms with Gasteiger partial charge in [-0.1, -0.05) is 36.4 Å². The molecule has 37 heavy (non-hydrogen) atoms. The van der Waals surface area contributed by atoms with Gasteiger partial charge in [-0.2, -0.15) is 0 Å². The number of nitrogens with one attached hydrogen (secondary N) is 2. The number of para-hydroxylation sites is 1. The van der Waals surface area contributed by atoms with Crippen LogP contribution < -0.4 is 10.6 Å². The lowest BCUT2D eigenvalue weighted by Crippen LogP contribution is -2.33. The first-order chi connectivity index (χ1) is 17.9. The summed E-state index contributed by atoms with van der Waals surface area (Å²) < 4.78 is 2.26. The van der Waals surface area contributed by atoms with Gasteiger partial charge in [0.25, 0.3) is 0 Å². The van der Waals surface area contributed by atoms with Crippen LogP contribution in [0.1, 0.15) is 46.7 Å². The number of benzene rings is 2. The van der Waals surface area contributed by atoms with E-state index >= 15 is 0 Å². The van der Waals surface area contributed by atoms with Gasteiger partial charge in [0.15, 0.2) is 5.11 Å². The van der Waals surface area contributed by atoms with Crippen molar-refractivity contribution in [3.05, 3.63) is 113 Å². The number of carbonyl (C=O) groups is 1. The van der Waals surface area contributed by atoms with Gasteiger partial charge < -0.3 is 20.1 Å². The zero-order valence-electron chi connectivity index (χ0n) is 21.3. The van der Waals surface area contributed by atoms with Crippen LogP contribution in [0.2, 0.25) is 0 Å². The zero-order chi connectivity index (χ0) is 25.9. The van der Waals surface area contributed by atoms with E-state index < -0.39 is 0 Å². The molecule has 1 saturated heterocycles. The molecule has 2 aromatic heterocycles. The summed E-state index contributed by atoms with van der Waals surface area (Å²) in [6.45, 7) is 6.61. The Labute approximate surface area is 223 Å². The van der Waals surface area contributed by atoms with Crippen LogP contribution in [0, 0.1) is 20.8 Å². The Morgan fingerprint density at radius 3 is 2.54 bits per heavy atom. The fourth-order valence-corrected chi connectivity index (χ4v) is 5.32. The number of pyridine rings is 1. The minimum atomic E-state index is -0.146. The molecule has 188 valence electrons. The average Bonchev–Trinajstić information content (AvgIpc) is 3.44. The smallest absolute Gasteiger partial charge is 0.226 e. The molecule has 2 atom stereocenters. The van der Waals surface area contributed by atoms with Gasteiger partial charge in [0, 0.05) is 41.9 Å². The highest BCUT2D eigenvalue weighted by molar-refractivity contribution is 7.80. The van der Waals surface area contributed by atoms with E-state index in [4.69, 9.17) is 12.2 Å². The van der Waals surface area contributed by atoms with Gasteiger partial charge in [0.2, 0.25) is 5.91 Å². The summed E-state index contributed by atoms with van der Waals surface area (Å²) in [6, 6.07) is 26.3. The molecule has 6 nitrogen and oxygen atoms in total. The summed E-state index contributed by atoms with van der Waals surface area (Å²) in [4.78, 5) is 19.8. The third-order valence-corrected chi connectivity index (χ3v) is 7.22. The maximum atomic E-state index is 13.0. The number of aryl methyl sites for hydroxylation is 3. The number of anilines is 1. The predicted molar refractivity (Wildman–Crippen MR) is 152 cm³/mol. The van der Waals surface area contributed by atoms with Crippen LogP contribution in [0.25, 0.3) is 5.69 Å². The largest absolute Gasteiger partial charge is 0.352 e. The number of hydrogen-bond acceptors (Lipinski definition) is 3. The van der Waals surface area contributed by atoms with Gasteiger partial charge in [-0.25, -0.2) is 0 Å². The molecular formula is C30H31N5OS. The summed E-state index contributed by atoms with van der Waals surface area (Å²) in [5.74, 6) is -0.0360. The van der Waals surface area contributed by atoms with E-state index in [2.05, 4.69) is 56.3 Å². The zero-order valence-corrected chi connectivity index (χ0v) is 22.1. The lowest BCUT2D eigenvalue weighted by atomic mass is 10.0. The van der Waals surface area contributed by atoms with Gasteiger partial charge in [0.05, 0.1) is 17.8 Å². The van der Waals surface area contributed by atoms with E-state index in [9.17, 15) is 4.79 Å². The second-order valence-corrected chi connectivity index (χ2v) is 9.89. The molecule has 0 radical (unpaired) electrons. The fourth-order valence-electron chi connectivity index (χ4n) is 4.99. The van der Waals surface area contributed by atoms with E-state index in [-0.39, 0.29) is 18.0 Å². The van der Waals surface area contributed by atoms with Crippen molar-refractivity contribution in [3.63, 3.8) is 0 Å². The molecular weight excluding hydrogens is 478 g/mol. The second kappa shape index (κ2) is 10.6. The third kappa shape index (κ3) is 5.13. The maximum absolute atomic E-state index is 13.0. The highest BCUT2D eigenvalue weighted by Crippen LogP contribution is 2.40. The fraction of sp³-hybridized carbons (Fsp3) is 0.233. The summed E-state index contributed by atoms with van der Waals surface area (Å²) >= 11 is 5.83. The number of hydrogen-bond donors (Lipinski definition) is 2. The van der Waals surface area contributed by atoms with Crippen molar-refractivity contribution in [2.75, 3.05) is 11.9 Å². The predicted octanol–water partition coefficient (Wildman–Crippen LogP) is 5.80. The van der Waals surface area contributed by atoms with E-state index in [1.807, 2.05) is 68.4 Å². The molecule has 2 aromatic carbocycles. The first kappa shape index (κ1) is 24.7. The Kier molecular flexibility index (Phi) is 7.06. The van der Waals surface area contributed by atoms with Crippen molar-refractivity contribution in [2.24, 2.45) is 0 Å². The Bertz CT molecular complexity index is 1420. The monoisotopic (exact) mass is 509 g/mol. The summed E-state index contributed by atoms with van der Waals surface area (Å²) in [6.07, 6.45) is 2.12. The molecule has 5 rings (SSSR count). The molecule has 1 fully saturated rings. The second-order valence-electron chi connectivity index (χ2n) is 9.51. The van der Waals surface area contributed by atoms with E-state index in [0.717, 1.165) is 39.6 Å². The Hall–Kier alpha value is -3.97. The van der Waals surface area contributed by atoms with Crippen LogP contribution in [0.4, 0.5) is 5.69 Å². The Morgan fingerprint density at radius 2 is 1.78 bits per heavy atom. The van der Waals surface area contributed by atoms with Crippen molar-refractivity contribution in [1.82, 2.24) is 19.8 Å². The normalized spacial score (nSPS) is 17.1. The highest BCUT2D eigenvalue weighted by Gasteiger charge is 2.41. The van der Waals surface area contributed by atoms with E-state index in [1.165, 1.54) is 0 Å². The Balaban J connectivity index is 1.46. The average molecular weight is 510 g/mol. The number of nitrogens with zero attached hydrogens (tertiary/aromatic N) is 3. The quantitative estimate of drug-likeness (QED) is 0.309. The van der Waals surface area contributed by atoms with Crippen molar-refractivity contribution >= 4 is 28.9 Å². The standard InChI is InChI=1S/C30H31N5OS/c1-20-12-13-21(2)25(19-20)32-27(36)16-18-34-29(28(33-30(34)37)24-11-7-8-17-31-24)26-15-14-22(3)35(26)23-9-5-4-6-10-23/h4-15,17,19,28-29H,16,18H2,1-3H3,(H,32,36)(H,33,37)/t28-,29-/m1/s1. The summed E-state index contributed by atoms with van der Waals surface area (Å²) in [5.41, 5.74) is 7.24. The molecule has 2 N–H and O–H groups in total. The van der Waals surface area contributed by atoms with Crippen LogP contribution in [0.3, 0.4) is 0 Å². The van der Waals surface area contributed by atoms with Crippen molar-refractivity contribution < 1.29 is 4.79 Å². The van der Waals surface area contributed by atoms with Gasteiger partial charge >= 0.3 is 0 Å². The summed E-state index contributed by atoms with van der Waals surface area (Å²) in [5, 5.41) is 7.20. The van der Waals surface area contributed by atoms with Crippen LogP contribution in [-0.4, -0.2) is 32.0 Å². The van der Waals surface area contributed by atoms with Crippen LogP contribution in [0.5, 0.6) is 0 Å². The molecule has 0 saturated carbocycles. The van der Waals surface area contributed by atoms with Gasteiger partial charge in [0.1, 0.15) is 0 Å². The number of thiocarbonyl (C=S) groups is 1. The molecule has 4 aromatic rings. The van der Waals surface area contributed by atoms with Crippen LogP contribution >= 0.6 is 12.2 Å². The molecule has 1 aliphatic heterocycles. The molecule has 0 spiro atoms. The molecule has 0 unspecified atom stereocenters. The van der Waals surface area contributed by atoms with Gasteiger partial charge in [-0.15, -0.1) is 0 Å².